The van der Waals surface area contributed by atoms with Crippen molar-refractivity contribution >= 4 is 5.97 Å². The molecule has 0 fully saturated rings. The van der Waals surface area contributed by atoms with Gasteiger partial charge in [0.15, 0.2) is 0 Å². The maximum atomic E-state index is 11.2. The van der Waals surface area contributed by atoms with Crippen LogP contribution in [0.5, 0.6) is 0 Å². The molecule has 0 aromatic carbocycles. The lowest BCUT2D eigenvalue weighted by molar-refractivity contribution is -0.138. The fourth-order valence-corrected chi connectivity index (χ4v) is 1.04. The van der Waals surface area contributed by atoms with Crippen LogP contribution in [0.3, 0.4) is 0 Å². The average molecular weight is 213 g/mol. The summed E-state index contributed by atoms with van der Waals surface area (Å²) < 4.78 is 1.06. The highest BCUT2D eigenvalue weighted by Crippen LogP contribution is 1.88. The van der Waals surface area contributed by atoms with Crippen molar-refractivity contribution < 1.29 is 9.90 Å². The number of carboxylic acids is 1. The maximum absolute atomic E-state index is 11.2. The number of aryl methyl sites for hydroxylation is 1. The molecule has 0 radical (unpaired) electrons. The molecule has 0 bridgehead atoms. The number of H-pyrrole nitrogens is 1. The van der Waals surface area contributed by atoms with Gasteiger partial charge in [0.1, 0.15) is 6.04 Å². The highest BCUT2D eigenvalue weighted by molar-refractivity contribution is 5.72. The Bertz CT molecular complexity index is 487. The molecule has 0 unspecified atom stereocenters. The number of nitrogens with zero attached hydrogens (tertiary/aromatic N) is 1. The van der Waals surface area contributed by atoms with E-state index in [1.54, 1.807) is 0 Å². The monoisotopic (exact) mass is 213 g/mol. The second kappa shape index (κ2) is 4.09. The van der Waals surface area contributed by atoms with Crippen molar-refractivity contribution in [3.8, 4) is 0 Å². The fraction of sp³-hybridized carbons (Fsp3) is 0.375. The number of aromatic nitrogens is 2. The van der Waals surface area contributed by atoms with Gasteiger partial charge in [-0.1, -0.05) is 0 Å². The van der Waals surface area contributed by atoms with E-state index in [0.29, 0.717) is 5.56 Å². The number of nitrogens with one attached hydrogen (secondary N) is 1. The molecule has 1 aromatic rings. The minimum atomic E-state index is -1.20. The normalized spacial score (nSPS) is 12.4. The Morgan fingerprint density at radius 1 is 1.67 bits per heavy atom. The molecule has 0 saturated heterocycles. The van der Waals surface area contributed by atoms with Crippen LogP contribution in [0.4, 0.5) is 0 Å². The number of carbonyl (C=O) groups is 1. The summed E-state index contributed by atoms with van der Waals surface area (Å²) in [6.45, 7) is 1.34. The summed E-state index contributed by atoms with van der Waals surface area (Å²) >= 11 is 0. The summed E-state index contributed by atoms with van der Waals surface area (Å²) in [4.78, 5) is 34.7. The van der Waals surface area contributed by atoms with E-state index in [-0.39, 0.29) is 6.54 Å². The lowest BCUT2D eigenvalue weighted by atomic mass is 10.3. The van der Waals surface area contributed by atoms with Crippen LogP contribution < -0.4 is 17.0 Å². The highest BCUT2D eigenvalue weighted by atomic mass is 16.4. The molecule has 0 spiro atoms. The maximum Gasteiger partial charge on any atom is 0.328 e. The minimum Gasteiger partial charge on any atom is -0.480 e. The van der Waals surface area contributed by atoms with Crippen molar-refractivity contribution in [1.82, 2.24) is 9.55 Å². The van der Waals surface area contributed by atoms with E-state index in [9.17, 15) is 14.4 Å². The van der Waals surface area contributed by atoms with Crippen molar-refractivity contribution in [2.75, 3.05) is 0 Å². The predicted octanol–water partition coefficient (Wildman–Crippen LogP) is -1.74. The first-order valence-electron chi connectivity index (χ1n) is 4.20. The Morgan fingerprint density at radius 3 is 2.80 bits per heavy atom. The number of hydrogen-bond donors (Lipinski definition) is 3. The highest BCUT2D eigenvalue weighted by Gasteiger charge is 2.13. The molecular formula is C8H11N3O4. The topological polar surface area (TPSA) is 118 Å². The van der Waals surface area contributed by atoms with Crippen LogP contribution in [0, 0.1) is 6.92 Å². The predicted molar refractivity (Wildman–Crippen MR) is 51.7 cm³/mol. The van der Waals surface area contributed by atoms with Crippen LogP contribution in [0.1, 0.15) is 5.56 Å². The molecule has 15 heavy (non-hydrogen) atoms. The van der Waals surface area contributed by atoms with E-state index < -0.39 is 23.3 Å². The van der Waals surface area contributed by atoms with Gasteiger partial charge in [0.2, 0.25) is 0 Å². The van der Waals surface area contributed by atoms with E-state index in [0.717, 1.165) is 4.57 Å². The standard InChI is InChI=1S/C8H11N3O4/c1-4-2-11(3-5(9)7(13)14)8(15)10-6(4)12/h2,5H,3,9H2,1H3,(H,13,14)(H,10,12,15)/t5-/m0/s1. The Hall–Kier alpha value is -1.89. The summed E-state index contributed by atoms with van der Waals surface area (Å²) in [5.74, 6) is -1.20. The summed E-state index contributed by atoms with van der Waals surface area (Å²) in [6, 6.07) is -1.17. The molecule has 1 aromatic heterocycles. The SMILES string of the molecule is Cc1cn(C[C@H](N)C(=O)O)c(=O)[nH]c1=O. The van der Waals surface area contributed by atoms with Gasteiger partial charge in [-0.3, -0.25) is 19.1 Å². The fourth-order valence-electron chi connectivity index (χ4n) is 1.04. The van der Waals surface area contributed by atoms with Crippen LogP contribution in [0.25, 0.3) is 0 Å². The van der Waals surface area contributed by atoms with Gasteiger partial charge in [0.05, 0.1) is 6.54 Å². The van der Waals surface area contributed by atoms with Crippen molar-refractivity contribution in [1.29, 1.82) is 0 Å². The Labute approximate surface area is 84.2 Å². The van der Waals surface area contributed by atoms with Crippen LogP contribution >= 0.6 is 0 Å². The third-order valence-electron chi connectivity index (χ3n) is 1.90. The number of rotatable bonds is 3. The third-order valence-corrected chi connectivity index (χ3v) is 1.90. The molecule has 1 heterocycles. The van der Waals surface area contributed by atoms with E-state index in [4.69, 9.17) is 10.8 Å². The Kier molecular flexibility index (Phi) is 3.05. The summed E-state index contributed by atoms with van der Waals surface area (Å²) in [6.07, 6.45) is 1.28. The van der Waals surface area contributed by atoms with Gasteiger partial charge in [0, 0.05) is 11.8 Å². The number of hydrogen-bond acceptors (Lipinski definition) is 4. The molecule has 7 nitrogen and oxygen atoms in total. The van der Waals surface area contributed by atoms with Gasteiger partial charge in [-0.05, 0) is 6.92 Å². The Morgan fingerprint density at radius 2 is 2.27 bits per heavy atom. The quantitative estimate of drug-likeness (QED) is 0.550. The van der Waals surface area contributed by atoms with Crippen LogP contribution in [0.15, 0.2) is 15.8 Å². The average Bonchev–Trinajstić information content (AvgIpc) is 2.13. The van der Waals surface area contributed by atoms with E-state index in [2.05, 4.69) is 4.98 Å². The zero-order chi connectivity index (χ0) is 11.6. The van der Waals surface area contributed by atoms with Gasteiger partial charge < -0.3 is 10.8 Å². The van der Waals surface area contributed by atoms with Crippen molar-refractivity contribution in [2.45, 2.75) is 19.5 Å². The molecule has 0 aliphatic heterocycles. The molecule has 0 aliphatic carbocycles. The largest absolute Gasteiger partial charge is 0.480 e. The molecule has 0 amide bonds. The molecule has 1 atom stereocenters. The van der Waals surface area contributed by atoms with Gasteiger partial charge >= 0.3 is 11.7 Å². The van der Waals surface area contributed by atoms with Gasteiger partial charge in [-0.15, -0.1) is 0 Å². The number of aliphatic carboxylic acids is 1. The van der Waals surface area contributed by atoms with Crippen LogP contribution in [0.2, 0.25) is 0 Å². The lowest BCUT2D eigenvalue weighted by Crippen LogP contribution is -2.40. The zero-order valence-corrected chi connectivity index (χ0v) is 8.06. The summed E-state index contributed by atoms with van der Waals surface area (Å²) in [5, 5.41) is 8.55. The van der Waals surface area contributed by atoms with Crippen LogP contribution in [-0.2, 0) is 11.3 Å². The second-order valence-electron chi connectivity index (χ2n) is 3.17. The van der Waals surface area contributed by atoms with Crippen molar-refractivity contribution in [3.05, 3.63) is 32.6 Å². The van der Waals surface area contributed by atoms with Crippen molar-refractivity contribution in [2.24, 2.45) is 5.73 Å². The zero-order valence-electron chi connectivity index (χ0n) is 8.06. The van der Waals surface area contributed by atoms with Gasteiger partial charge in [0.25, 0.3) is 5.56 Å². The van der Waals surface area contributed by atoms with Gasteiger partial charge in [-0.2, -0.15) is 0 Å². The summed E-state index contributed by atoms with van der Waals surface area (Å²) in [5.41, 5.74) is 4.43. The van der Waals surface area contributed by atoms with E-state index >= 15 is 0 Å². The first-order valence-corrected chi connectivity index (χ1v) is 4.20. The second-order valence-corrected chi connectivity index (χ2v) is 3.17. The molecular weight excluding hydrogens is 202 g/mol. The van der Waals surface area contributed by atoms with Crippen molar-refractivity contribution in [3.63, 3.8) is 0 Å². The minimum absolute atomic E-state index is 0.175. The van der Waals surface area contributed by atoms with Gasteiger partial charge in [-0.25, -0.2) is 4.79 Å². The molecule has 1 rings (SSSR count). The van der Waals surface area contributed by atoms with E-state index in [1.807, 2.05) is 0 Å². The third kappa shape index (κ3) is 2.53. The van der Waals surface area contributed by atoms with Crippen LogP contribution in [-0.4, -0.2) is 26.7 Å². The number of nitrogens with two attached hydrogens (primary N) is 1. The number of carboxylic acid groups (broad SMARTS) is 1. The smallest absolute Gasteiger partial charge is 0.328 e. The molecule has 0 aliphatic rings. The summed E-state index contributed by atoms with van der Waals surface area (Å²) in [7, 11) is 0. The van der Waals surface area contributed by atoms with E-state index in [1.165, 1.54) is 13.1 Å². The molecule has 7 heteroatoms. The number of aromatic amines is 1. The molecule has 4 N–H and O–H groups in total. The lowest BCUT2D eigenvalue weighted by Gasteiger charge is -2.08. The first kappa shape index (κ1) is 11.2. The molecule has 82 valence electrons. The Balaban J connectivity index is 3.06. The molecule has 0 saturated carbocycles. The first-order chi connectivity index (χ1) is 6.91.